The van der Waals surface area contributed by atoms with E-state index in [1.54, 1.807) is 30.2 Å². The Morgan fingerprint density at radius 3 is 2.82 bits per heavy atom. The van der Waals surface area contributed by atoms with E-state index >= 15 is 0 Å². The van der Waals surface area contributed by atoms with Gasteiger partial charge in [0.05, 0.1) is 22.9 Å². The van der Waals surface area contributed by atoms with Crippen LogP contribution in [0.15, 0.2) is 41.1 Å². The third-order valence-corrected chi connectivity index (χ3v) is 4.70. The number of halogens is 3. The first kappa shape index (κ1) is 20.0. The lowest BCUT2D eigenvalue weighted by atomic mass is 10.3. The number of carbonyl (C=O) groups is 1. The second kappa shape index (κ2) is 8.51. The lowest BCUT2D eigenvalue weighted by Crippen LogP contribution is -2.28. The number of aryl methyl sites for hydroxylation is 1. The highest BCUT2D eigenvalue weighted by Gasteiger charge is 2.18. The van der Waals surface area contributed by atoms with E-state index in [1.807, 2.05) is 6.92 Å². The van der Waals surface area contributed by atoms with Crippen molar-refractivity contribution in [2.45, 2.75) is 26.7 Å². The first-order valence-electron chi connectivity index (χ1n) is 8.46. The van der Waals surface area contributed by atoms with E-state index in [9.17, 15) is 13.6 Å². The molecule has 0 spiro atoms. The zero-order chi connectivity index (χ0) is 20.3. The van der Waals surface area contributed by atoms with Gasteiger partial charge in [-0.2, -0.15) is 10.2 Å². The Balaban J connectivity index is 1.64. The standard InChI is InChI=1S/C18H18BrF2N5O2/c1-3-26-16(13(19)9-22-26)10-24(2)18(27)15-6-7-25(23-15)11-28-17-5-4-12(20)8-14(17)21/h4-9H,3,10-11H2,1-2H3. The molecule has 0 unspecified atom stereocenters. The monoisotopic (exact) mass is 453 g/mol. The van der Waals surface area contributed by atoms with Crippen molar-refractivity contribution in [1.82, 2.24) is 24.5 Å². The van der Waals surface area contributed by atoms with E-state index in [0.717, 1.165) is 22.3 Å². The van der Waals surface area contributed by atoms with Gasteiger partial charge in [0, 0.05) is 25.9 Å². The van der Waals surface area contributed by atoms with Crippen LogP contribution in [0.3, 0.4) is 0 Å². The van der Waals surface area contributed by atoms with Crippen molar-refractivity contribution in [3.63, 3.8) is 0 Å². The first-order chi connectivity index (χ1) is 13.4. The van der Waals surface area contributed by atoms with Crippen LogP contribution in [-0.4, -0.2) is 37.4 Å². The molecule has 28 heavy (non-hydrogen) atoms. The minimum absolute atomic E-state index is 0.0976. The van der Waals surface area contributed by atoms with Crippen LogP contribution < -0.4 is 4.74 Å². The van der Waals surface area contributed by atoms with Gasteiger partial charge in [-0.05, 0) is 41.1 Å². The van der Waals surface area contributed by atoms with Crippen LogP contribution in [-0.2, 0) is 19.8 Å². The molecule has 0 atom stereocenters. The van der Waals surface area contributed by atoms with Crippen LogP contribution in [0.5, 0.6) is 5.75 Å². The van der Waals surface area contributed by atoms with Gasteiger partial charge in [-0.15, -0.1) is 0 Å². The molecule has 1 amide bonds. The first-order valence-corrected chi connectivity index (χ1v) is 9.25. The SMILES string of the molecule is CCn1ncc(Br)c1CN(C)C(=O)c1ccn(COc2ccc(F)cc2F)n1. The number of hydrogen-bond donors (Lipinski definition) is 0. The van der Waals surface area contributed by atoms with Gasteiger partial charge in [-0.25, -0.2) is 13.5 Å². The summed E-state index contributed by atoms with van der Waals surface area (Å²) in [6.07, 6.45) is 3.24. The van der Waals surface area contributed by atoms with E-state index in [2.05, 4.69) is 26.1 Å². The van der Waals surface area contributed by atoms with Crippen LogP contribution >= 0.6 is 15.9 Å². The lowest BCUT2D eigenvalue weighted by molar-refractivity contribution is 0.0773. The Morgan fingerprint density at radius 1 is 1.32 bits per heavy atom. The van der Waals surface area contributed by atoms with Crippen LogP contribution in [0.2, 0.25) is 0 Å². The fraction of sp³-hybridized carbons (Fsp3) is 0.278. The van der Waals surface area contributed by atoms with E-state index < -0.39 is 11.6 Å². The maximum Gasteiger partial charge on any atom is 0.274 e. The molecular weight excluding hydrogens is 436 g/mol. The highest BCUT2D eigenvalue weighted by molar-refractivity contribution is 9.10. The summed E-state index contributed by atoms with van der Waals surface area (Å²) in [7, 11) is 1.67. The Hall–Kier alpha value is -2.75. The third-order valence-electron chi connectivity index (χ3n) is 4.04. The molecule has 0 aliphatic heterocycles. The molecule has 3 rings (SSSR count). The highest BCUT2D eigenvalue weighted by Crippen LogP contribution is 2.19. The topological polar surface area (TPSA) is 65.2 Å². The van der Waals surface area contributed by atoms with Gasteiger partial charge in [0.1, 0.15) is 5.82 Å². The summed E-state index contributed by atoms with van der Waals surface area (Å²) in [6.45, 7) is 2.90. The van der Waals surface area contributed by atoms with Gasteiger partial charge in [-0.3, -0.25) is 9.48 Å². The number of hydrogen-bond acceptors (Lipinski definition) is 4. The number of nitrogens with zero attached hydrogens (tertiary/aromatic N) is 5. The number of ether oxygens (including phenoxy) is 1. The van der Waals surface area contributed by atoms with Crippen molar-refractivity contribution in [2.75, 3.05) is 7.05 Å². The second-order valence-electron chi connectivity index (χ2n) is 6.00. The zero-order valence-corrected chi connectivity index (χ0v) is 16.9. The van der Waals surface area contributed by atoms with Gasteiger partial charge in [0.2, 0.25) is 0 Å². The fourth-order valence-electron chi connectivity index (χ4n) is 2.59. The maximum absolute atomic E-state index is 13.6. The Labute approximate surface area is 168 Å². The molecule has 1 aromatic carbocycles. The molecule has 7 nitrogen and oxygen atoms in total. The normalized spacial score (nSPS) is 10.9. The van der Waals surface area contributed by atoms with Crippen molar-refractivity contribution in [1.29, 1.82) is 0 Å². The lowest BCUT2D eigenvalue weighted by Gasteiger charge is -2.17. The van der Waals surface area contributed by atoms with Crippen molar-refractivity contribution >= 4 is 21.8 Å². The van der Waals surface area contributed by atoms with Crippen LogP contribution in [0.4, 0.5) is 8.78 Å². The molecule has 0 bridgehead atoms. The largest absolute Gasteiger partial charge is 0.468 e. The summed E-state index contributed by atoms with van der Waals surface area (Å²) in [5.41, 5.74) is 1.11. The van der Waals surface area contributed by atoms with Gasteiger partial charge >= 0.3 is 0 Å². The van der Waals surface area contributed by atoms with E-state index in [1.165, 1.54) is 15.6 Å². The van der Waals surface area contributed by atoms with Gasteiger partial charge < -0.3 is 9.64 Å². The zero-order valence-electron chi connectivity index (χ0n) is 15.3. The van der Waals surface area contributed by atoms with Crippen molar-refractivity contribution in [3.8, 4) is 5.75 Å². The van der Waals surface area contributed by atoms with E-state index in [0.29, 0.717) is 13.1 Å². The molecule has 148 valence electrons. The Bertz CT molecular complexity index is 988. The molecule has 0 saturated carbocycles. The fourth-order valence-corrected chi connectivity index (χ4v) is 3.01. The average molecular weight is 454 g/mol. The molecular formula is C18H18BrF2N5O2. The molecule has 0 aliphatic carbocycles. The minimum Gasteiger partial charge on any atom is -0.468 e. The van der Waals surface area contributed by atoms with Crippen molar-refractivity contribution < 1.29 is 18.3 Å². The maximum atomic E-state index is 13.6. The molecule has 2 aromatic heterocycles. The van der Waals surface area contributed by atoms with Crippen LogP contribution in [0, 0.1) is 11.6 Å². The summed E-state index contributed by atoms with van der Waals surface area (Å²) >= 11 is 3.44. The molecule has 0 N–H and O–H groups in total. The van der Waals surface area contributed by atoms with E-state index in [-0.39, 0.29) is 24.1 Å². The number of benzene rings is 1. The molecule has 0 fully saturated rings. The number of rotatable bonds is 7. The summed E-state index contributed by atoms with van der Waals surface area (Å²) in [6, 6.07) is 4.59. The number of aromatic nitrogens is 4. The summed E-state index contributed by atoms with van der Waals surface area (Å²) in [5.74, 6) is -1.86. The van der Waals surface area contributed by atoms with Crippen LogP contribution in [0.1, 0.15) is 23.1 Å². The predicted octanol–water partition coefficient (Wildman–Crippen LogP) is 3.45. The Morgan fingerprint density at radius 2 is 2.11 bits per heavy atom. The second-order valence-corrected chi connectivity index (χ2v) is 6.86. The number of amides is 1. The molecule has 0 saturated heterocycles. The average Bonchev–Trinajstić information content (AvgIpc) is 3.27. The van der Waals surface area contributed by atoms with Crippen molar-refractivity contribution in [3.05, 3.63) is 64.2 Å². The Kier molecular flexibility index (Phi) is 6.08. The summed E-state index contributed by atoms with van der Waals surface area (Å²) in [5, 5.41) is 8.39. The molecule has 10 heteroatoms. The van der Waals surface area contributed by atoms with Crippen LogP contribution in [0.25, 0.3) is 0 Å². The van der Waals surface area contributed by atoms with Gasteiger partial charge in [0.15, 0.2) is 24.0 Å². The smallest absolute Gasteiger partial charge is 0.274 e. The minimum atomic E-state index is -0.804. The summed E-state index contributed by atoms with van der Waals surface area (Å²) < 4.78 is 35.8. The summed E-state index contributed by atoms with van der Waals surface area (Å²) in [4.78, 5) is 14.2. The van der Waals surface area contributed by atoms with Gasteiger partial charge in [-0.1, -0.05) is 0 Å². The van der Waals surface area contributed by atoms with Gasteiger partial charge in [0.25, 0.3) is 5.91 Å². The molecule has 0 aliphatic rings. The number of carbonyl (C=O) groups excluding carboxylic acids is 1. The molecule has 3 aromatic rings. The van der Waals surface area contributed by atoms with Crippen molar-refractivity contribution in [2.24, 2.45) is 0 Å². The van der Waals surface area contributed by atoms with E-state index in [4.69, 9.17) is 4.74 Å². The predicted molar refractivity (Wildman–Crippen MR) is 101 cm³/mol. The third kappa shape index (κ3) is 4.38. The molecule has 0 radical (unpaired) electrons. The quantitative estimate of drug-likeness (QED) is 0.549. The highest BCUT2D eigenvalue weighted by atomic mass is 79.9. The molecule has 2 heterocycles.